The van der Waals surface area contributed by atoms with E-state index < -0.39 is 5.54 Å². The molecule has 0 aliphatic heterocycles. The Labute approximate surface area is 141 Å². The van der Waals surface area contributed by atoms with Crippen molar-refractivity contribution in [3.63, 3.8) is 0 Å². The Morgan fingerprint density at radius 2 is 1.96 bits per heavy atom. The first-order valence-corrected chi connectivity index (χ1v) is 8.43. The number of aromatic nitrogens is 4. The molecule has 1 aliphatic carbocycles. The highest BCUT2D eigenvalue weighted by Gasteiger charge is 2.40. The van der Waals surface area contributed by atoms with Crippen LogP contribution in [0.3, 0.4) is 0 Å². The number of tetrazole rings is 1. The summed E-state index contributed by atoms with van der Waals surface area (Å²) in [5.41, 5.74) is 2.75. The van der Waals surface area contributed by atoms with E-state index in [4.69, 9.17) is 0 Å². The highest BCUT2D eigenvalue weighted by atomic mass is 16.2. The summed E-state index contributed by atoms with van der Waals surface area (Å²) in [5, 5.41) is 18.2. The Balaban J connectivity index is 2.09. The molecule has 1 aromatic carbocycles. The molecule has 0 spiro atoms. The van der Waals surface area contributed by atoms with E-state index in [1.54, 1.807) is 11.7 Å². The average molecular weight is 328 g/mol. The Morgan fingerprint density at radius 1 is 1.21 bits per heavy atom. The van der Waals surface area contributed by atoms with E-state index in [2.05, 4.69) is 46.1 Å². The second kappa shape index (κ2) is 6.59. The van der Waals surface area contributed by atoms with Gasteiger partial charge in [-0.3, -0.25) is 0 Å². The quantitative estimate of drug-likeness (QED) is 0.906. The third-order valence-electron chi connectivity index (χ3n) is 4.99. The molecule has 1 heterocycles. The molecular weight excluding hydrogens is 304 g/mol. The Bertz CT molecular complexity index is 732. The van der Waals surface area contributed by atoms with Crippen LogP contribution in [0.5, 0.6) is 0 Å². The number of nitrogens with zero attached hydrogens (tertiary/aromatic N) is 4. The molecule has 0 atom stereocenters. The third kappa shape index (κ3) is 2.86. The molecule has 0 bridgehead atoms. The third-order valence-corrected chi connectivity index (χ3v) is 4.99. The van der Waals surface area contributed by atoms with Gasteiger partial charge >= 0.3 is 6.03 Å². The predicted octanol–water partition coefficient (Wildman–Crippen LogP) is 2.37. The number of benzene rings is 1. The van der Waals surface area contributed by atoms with Gasteiger partial charge in [-0.05, 0) is 54.3 Å². The summed E-state index contributed by atoms with van der Waals surface area (Å²) in [4.78, 5) is 12.0. The summed E-state index contributed by atoms with van der Waals surface area (Å²) < 4.78 is 1.78. The van der Waals surface area contributed by atoms with Crippen molar-refractivity contribution < 1.29 is 4.79 Å². The monoisotopic (exact) mass is 328 g/mol. The number of hydrogen-bond donors (Lipinski definition) is 2. The van der Waals surface area contributed by atoms with Gasteiger partial charge in [-0.25, -0.2) is 4.79 Å². The van der Waals surface area contributed by atoms with Crippen LogP contribution < -0.4 is 10.6 Å². The molecule has 2 N–H and O–H groups in total. The van der Waals surface area contributed by atoms with Gasteiger partial charge in [-0.2, -0.15) is 4.68 Å². The van der Waals surface area contributed by atoms with Crippen LogP contribution in [0, 0.1) is 13.8 Å². The summed E-state index contributed by atoms with van der Waals surface area (Å²) in [6.45, 7) is 4.14. The maximum absolute atomic E-state index is 12.0. The average Bonchev–Trinajstić information content (AvgIpc) is 3.08. The van der Waals surface area contributed by atoms with Crippen molar-refractivity contribution >= 4 is 6.03 Å². The molecular formula is C17H24N6O. The number of rotatable bonds is 3. The van der Waals surface area contributed by atoms with Crippen LogP contribution in [0.1, 0.15) is 49.1 Å². The maximum atomic E-state index is 12.0. The van der Waals surface area contributed by atoms with Gasteiger partial charge in [-0.15, -0.1) is 5.10 Å². The van der Waals surface area contributed by atoms with Crippen molar-refractivity contribution in [3.05, 3.63) is 35.2 Å². The molecule has 1 aliphatic rings. The van der Waals surface area contributed by atoms with E-state index in [1.165, 1.54) is 12.0 Å². The fourth-order valence-corrected chi connectivity index (χ4v) is 3.45. The first-order valence-electron chi connectivity index (χ1n) is 8.43. The summed E-state index contributed by atoms with van der Waals surface area (Å²) in [7, 11) is 1.62. The largest absolute Gasteiger partial charge is 0.341 e. The fourth-order valence-electron chi connectivity index (χ4n) is 3.45. The van der Waals surface area contributed by atoms with E-state index in [-0.39, 0.29) is 6.03 Å². The van der Waals surface area contributed by atoms with Crippen molar-refractivity contribution in [2.24, 2.45) is 0 Å². The highest BCUT2D eigenvalue weighted by molar-refractivity contribution is 5.74. The molecule has 0 radical (unpaired) electrons. The van der Waals surface area contributed by atoms with Crippen LogP contribution in [0.4, 0.5) is 4.79 Å². The summed E-state index contributed by atoms with van der Waals surface area (Å²) >= 11 is 0. The number of urea groups is 1. The zero-order chi connectivity index (χ0) is 17.2. The van der Waals surface area contributed by atoms with Crippen LogP contribution in [0.15, 0.2) is 18.2 Å². The predicted molar refractivity (Wildman–Crippen MR) is 91.0 cm³/mol. The summed E-state index contributed by atoms with van der Waals surface area (Å²) in [5.74, 6) is 0.708. The van der Waals surface area contributed by atoms with Gasteiger partial charge in [0.05, 0.1) is 5.69 Å². The number of carbonyl (C=O) groups excluding carboxylic acids is 1. The lowest BCUT2D eigenvalue weighted by atomic mass is 9.81. The van der Waals surface area contributed by atoms with Crippen LogP contribution in [-0.2, 0) is 5.54 Å². The number of carbonyl (C=O) groups is 1. The summed E-state index contributed by atoms with van der Waals surface area (Å²) in [6.07, 6.45) is 4.94. The molecule has 2 amide bonds. The zero-order valence-corrected chi connectivity index (χ0v) is 14.5. The second-order valence-electron chi connectivity index (χ2n) is 6.48. The van der Waals surface area contributed by atoms with Crippen molar-refractivity contribution in [1.29, 1.82) is 0 Å². The van der Waals surface area contributed by atoms with Crippen molar-refractivity contribution in [2.45, 2.75) is 51.5 Å². The van der Waals surface area contributed by atoms with Gasteiger partial charge in [0.2, 0.25) is 0 Å². The molecule has 1 fully saturated rings. The number of nitrogens with one attached hydrogen (secondary N) is 2. The van der Waals surface area contributed by atoms with Gasteiger partial charge in [0.1, 0.15) is 5.54 Å². The van der Waals surface area contributed by atoms with Crippen LogP contribution in [0.25, 0.3) is 5.69 Å². The minimum Gasteiger partial charge on any atom is -0.341 e. The highest BCUT2D eigenvalue weighted by Crippen LogP contribution is 2.37. The zero-order valence-electron chi connectivity index (χ0n) is 14.5. The first-order chi connectivity index (χ1) is 11.6. The van der Waals surface area contributed by atoms with Crippen LogP contribution in [0.2, 0.25) is 0 Å². The SMILES string of the molecule is CNC(=O)NC1(c2nnnn2-c2cccc(C)c2C)CCCCC1. The normalized spacial score (nSPS) is 16.6. The standard InChI is InChI=1S/C17H24N6O/c1-12-8-7-9-14(13(12)2)23-15(20-21-22-23)17(19-16(24)18-3)10-5-4-6-11-17/h7-9H,4-6,10-11H2,1-3H3,(H2,18,19,24). The van der Waals surface area contributed by atoms with Crippen molar-refractivity contribution in [1.82, 2.24) is 30.8 Å². The summed E-state index contributed by atoms with van der Waals surface area (Å²) in [6, 6.07) is 5.89. The minimum atomic E-state index is -0.530. The van der Waals surface area contributed by atoms with E-state index in [9.17, 15) is 4.79 Å². The number of aryl methyl sites for hydroxylation is 1. The molecule has 2 aromatic rings. The van der Waals surface area contributed by atoms with E-state index in [0.29, 0.717) is 5.82 Å². The lowest BCUT2D eigenvalue weighted by Crippen LogP contribution is -2.51. The smallest absolute Gasteiger partial charge is 0.315 e. The van der Waals surface area contributed by atoms with E-state index in [0.717, 1.165) is 36.9 Å². The molecule has 7 nitrogen and oxygen atoms in total. The van der Waals surface area contributed by atoms with Gasteiger partial charge in [-0.1, -0.05) is 31.4 Å². The van der Waals surface area contributed by atoms with Crippen LogP contribution >= 0.6 is 0 Å². The van der Waals surface area contributed by atoms with Gasteiger partial charge < -0.3 is 10.6 Å². The molecule has 0 unspecified atom stereocenters. The van der Waals surface area contributed by atoms with Gasteiger partial charge in [0, 0.05) is 7.05 Å². The minimum absolute atomic E-state index is 0.201. The molecule has 24 heavy (non-hydrogen) atoms. The lowest BCUT2D eigenvalue weighted by Gasteiger charge is -2.36. The second-order valence-corrected chi connectivity index (χ2v) is 6.48. The Morgan fingerprint density at radius 3 is 2.67 bits per heavy atom. The fraction of sp³-hybridized carbons (Fsp3) is 0.529. The molecule has 1 aromatic heterocycles. The molecule has 1 saturated carbocycles. The van der Waals surface area contributed by atoms with Crippen LogP contribution in [-0.4, -0.2) is 33.3 Å². The number of hydrogen-bond acceptors (Lipinski definition) is 4. The Hall–Kier alpha value is -2.44. The van der Waals surface area contributed by atoms with Gasteiger partial charge in [0.25, 0.3) is 0 Å². The molecule has 7 heteroatoms. The maximum Gasteiger partial charge on any atom is 0.315 e. The van der Waals surface area contributed by atoms with E-state index >= 15 is 0 Å². The number of amides is 2. The first kappa shape index (κ1) is 16.4. The topological polar surface area (TPSA) is 84.7 Å². The lowest BCUT2D eigenvalue weighted by molar-refractivity contribution is 0.196. The van der Waals surface area contributed by atoms with Crippen molar-refractivity contribution in [2.75, 3.05) is 7.05 Å². The Kier molecular flexibility index (Phi) is 4.51. The van der Waals surface area contributed by atoms with E-state index in [1.807, 2.05) is 12.1 Å². The van der Waals surface area contributed by atoms with Gasteiger partial charge in [0.15, 0.2) is 5.82 Å². The van der Waals surface area contributed by atoms with Crippen molar-refractivity contribution in [3.8, 4) is 5.69 Å². The molecule has 3 rings (SSSR count). The molecule has 0 saturated heterocycles. The molecule has 128 valence electrons.